The summed E-state index contributed by atoms with van der Waals surface area (Å²) >= 11 is 1.57. The number of piperidine rings is 1. The highest BCUT2D eigenvalue weighted by Gasteiger charge is 2.36. The van der Waals surface area contributed by atoms with E-state index >= 15 is 0 Å². The Morgan fingerprint density at radius 2 is 2.00 bits per heavy atom. The van der Waals surface area contributed by atoms with Crippen molar-refractivity contribution in [2.24, 2.45) is 5.92 Å². The molecule has 2 bridgehead atoms. The minimum absolute atomic E-state index is 0.0531. The second-order valence-corrected chi connectivity index (χ2v) is 8.66. The molecule has 0 radical (unpaired) electrons. The Bertz CT molecular complexity index is 1130. The van der Waals surface area contributed by atoms with E-state index in [1.807, 2.05) is 34.2 Å². The summed E-state index contributed by atoms with van der Waals surface area (Å²) in [5, 5.41) is 4.76. The van der Waals surface area contributed by atoms with Crippen molar-refractivity contribution in [3.8, 4) is 10.4 Å². The van der Waals surface area contributed by atoms with Crippen molar-refractivity contribution in [2.75, 3.05) is 18.4 Å². The Hall–Kier alpha value is -2.93. The molecule has 5 nitrogen and oxygen atoms in total. The molecule has 7 heteroatoms. The molecule has 5 rings (SSSR count). The zero-order valence-electron chi connectivity index (χ0n) is 15.7. The standard InChI is InChI=1S/C22H20FN3O2S/c23-16-3-1-4-17(10-16)24-22(28)25-11-14-9-15(13-25)19-7-6-18(20-5-2-8-29-20)21(27)26(19)12-14/h1-8,10,14-15H,9,11-13H2,(H,24,28). The molecule has 0 spiro atoms. The van der Waals surface area contributed by atoms with Crippen LogP contribution in [0.15, 0.2) is 58.7 Å². The molecular formula is C22H20FN3O2S. The van der Waals surface area contributed by atoms with Gasteiger partial charge in [0.05, 0.1) is 5.56 Å². The van der Waals surface area contributed by atoms with Crippen molar-refractivity contribution in [3.05, 3.63) is 75.8 Å². The van der Waals surface area contributed by atoms with Gasteiger partial charge in [-0.15, -0.1) is 11.3 Å². The number of pyridine rings is 1. The molecule has 2 amide bonds. The second-order valence-electron chi connectivity index (χ2n) is 7.71. The number of hydrogen-bond donors (Lipinski definition) is 1. The second kappa shape index (κ2) is 7.15. The number of rotatable bonds is 2. The topological polar surface area (TPSA) is 54.3 Å². The van der Waals surface area contributed by atoms with Gasteiger partial charge < -0.3 is 14.8 Å². The zero-order chi connectivity index (χ0) is 20.0. The zero-order valence-corrected chi connectivity index (χ0v) is 16.5. The van der Waals surface area contributed by atoms with Crippen LogP contribution in [0.25, 0.3) is 10.4 Å². The van der Waals surface area contributed by atoms with Gasteiger partial charge >= 0.3 is 6.03 Å². The number of carbonyl (C=O) groups is 1. The molecule has 29 heavy (non-hydrogen) atoms. The van der Waals surface area contributed by atoms with Crippen molar-refractivity contribution in [1.29, 1.82) is 0 Å². The summed E-state index contributed by atoms with van der Waals surface area (Å²) in [4.78, 5) is 28.6. The molecule has 1 aromatic carbocycles. The highest BCUT2D eigenvalue weighted by molar-refractivity contribution is 7.13. The van der Waals surface area contributed by atoms with Gasteiger partial charge in [-0.1, -0.05) is 12.1 Å². The maximum Gasteiger partial charge on any atom is 0.321 e. The van der Waals surface area contributed by atoms with Gasteiger partial charge in [0, 0.05) is 41.8 Å². The maximum absolute atomic E-state index is 13.4. The Labute approximate surface area is 171 Å². The van der Waals surface area contributed by atoms with Crippen LogP contribution < -0.4 is 10.9 Å². The monoisotopic (exact) mass is 409 g/mol. The molecule has 1 saturated heterocycles. The average molecular weight is 409 g/mol. The SMILES string of the molecule is O=C(Nc1cccc(F)c1)N1CC2CC(C1)c1ccc(-c3cccs3)c(=O)n1C2. The van der Waals surface area contributed by atoms with E-state index in [1.54, 1.807) is 28.4 Å². The summed E-state index contributed by atoms with van der Waals surface area (Å²) in [5.74, 6) is -0.0187. The molecule has 2 unspecified atom stereocenters. The fourth-order valence-corrected chi connectivity index (χ4v) is 5.24. The molecule has 2 atom stereocenters. The van der Waals surface area contributed by atoms with Gasteiger partial charge in [-0.3, -0.25) is 4.79 Å². The lowest BCUT2D eigenvalue weighted by Gasteiger charge is -2.42. The summed E-state index contributed by atoms with van der Waals surface area (Å²) in [5.41, 5.74) is 2.24. The van der Waals surface area contributed by atoms with E-state index < -0.39 is 0 Å². The third kappa shape index (κ3) is 3.35. The van der Waals surface area contributed by atoms with Crippen LogP contribution in [-0.2, 0) is 6.54 Å². The lowest BCUT2D eigenvalue weighted by Crippen LogP contribution is -2.50. The minimum Gasteiger partial charge on any atom is -0.324 e. The fraction of sp³-hybridized carbons (Fsp3) is 0.273. The van der Waals surface area contributed by atoms with Crippen molar-refractivity contribution in [1.82, 2.24) is 9.47 Å². The minimum atomic E-state index is -0.381. The van der Waals surface area contributed by atoms with Crippen LogP contribution in [0.1, 0.15) is 18.0 Å². The van der Waals surface area contributed by atoms with E-state index in [9.17, 15) is 14.0 Å². The molecule has 2 aliphatic rings. The van der Waals surface area contributed by atoms with E-state index in [-0.39, 0.29) is 29.2 Å². The number of carbonyl (C=O) groups excluding carboxylic acids is 1. The van der Waals surface area contributed by atoms with Crippen LogP contribution in [0.3, 0.4) is 0 Å². The van der Waals surface area contributed by atoms with Gasteiger partial charge in [0.25, 0.3) is 5.56 Å². The summed E-state index contributed by atoms with van der Waals surface area (Å²) in [6.45, 7) is 1.76. The lowest BCUT2D eigenvalue weighted by atomic mass is 9.83. The van der Waals surface area contributed by atoms with Crippen molar-refractivity contribution < 1.29 is 9.18 Å². The molecule has 148 valence electrons. The third-order valence-corrected chi connectivity index (χ3v) is 6.66. The molecule has 0 aliphatic carbocycles. The van der Waals surface area contributed by atoms with Crippen molar-refractivity contribution >= 4 is 23.1 Å². The first-order chi connectivity index (χ1) is 14.1. The summed E-state index contributed by atoms with van der Waals surface area (Å²) in [7, 11) is 0. The van der Waals surface area contributed by atoms with Gasteiger partial charge in [0.1, 0.15) is 5.82 Å². The number of likely N-dealkylation sites (tertiary alicyclic amines) is 1. The van der Waals surface area contributed by atoms with Crippen molar-refractivity contribution in [2.45, 2.75) is 18.9 Å². The van der Waals surface area contributed by atoms with Crippen LogP contribution in [0.4, 0.5) is 14.9 Å². The summed E-state index contributed by atoms with van der Waals surface area (Å²) in [6, 6.07) is 13.5. The maximum atomic E-state index is 13.4. The van der Waals surface area contributed by atoms with Gasteiger partial charge in [-0.25, -0.2) is 9.18 Å². The molecule has 4 heterocycles. The van der Waals surface area contributed by atoms with Crippen LogP contribution in [0.5, 0.6) is 0 Å². The predicted octanol–water partition coefficient (Wildman–Crippen LogP) is 4.37. The molecule has 2 aliphatic heterocycles. The third-order valence-electron chi connectivity index (χ3n) is 5.75. The van der Waals surface area contributed by atoms with Gasteiger partial charge in [-0.2, -0.15) is 0 Å². The molecule has 0 saturated carbocycles. The summed E-state index contributed by atoms with van der Waals surface area (Å²) < 4.78 is 15.3. The highest BCUT2D eigenvalue weighted by atomic mass is 32.1. The van der Waals surface area contributed by atoms with E-state index in [2.05, 4.69) is 5.32 Å². The fourth-order valence-electron chi connectivity index (χ4n) is 4.50. The molecule has 2 aromatic heterocycles. The Kier molecular flexibility index (Phi) is 4.47. The van der Waals surface area contributed by atoms with Gasteiger partial charge in [-0.05, 0) is 54.1 Å². The van der Waals surface area contributed by atoms with Crippen LogP contribution in [0.2, 0.25) is 0 Å². The number of urea groups is 1. The van der Waals surface area contributed by atoms with Crippen LogP contribution in [-0.4, -0.2) is 28.6 Å². The van der Waals surface area contributed by atoms with Crippen LogP contribution in [0, 0.1) is 11.7 Å². The van der Waals surface area contributed by atoms with Gasteiger partial charge in [0.2, 0.25) is 0 Å². The number of amides is 2. The Balaban J connectivity index is 1.39. The predicted molar refractivity (Wildman–Crippen MR) is 112 cm³/mol. The highest BCUT2D eigenvalue weighted by Crippen LogP contribution is 2.36. The number of halogens is 1. The number of thiophene rings is 1. The first-order valence-corrected chi connectivity index (χ1v) is 10.6. The largest absolute Gasteiger partial charge is 0.324 e. The normalized spacial score (nSPS) is 20.2. The van der Waals surface area contributed by atoms with E-state index in [0.29, 0.717) is 25.3 Å². The van der Waals surface area contributed by atoms with Crippen molar-refractivity contribution in [3.63, 3.8) is 0 Å². The molecular weight excluding hydrogens is 389 g/mol. The number of nitrogens with zero attached hydrogens (tertiary/aromatic N) is 2. The number of nitrogens with one attached hydrogen (secondary N) is 1. The van der Waals surface area contributed by atoms with E-state index in [1.165, 1.54) is 12.1 Å². The smallest absolute Gasteiger partial charge is 0.321 e. The Morgan fingerprint density at radius 3 is 2.79 bits per heavy atom. The first kappa shape index (κ1) is 18.1. The molecule has 1 N–H and O–H groups in total. The number of benzene rings is 1. The lowest BCUT2D eigenvalue weighted by molar-refractivity contribution is 0.139. The first-order valence-electron chi connectivity index (χ1n) is 9.67. The average Bonchev–Trinajstić information content (AvgIpc) is 3.23. The number of aromatic nitrogens is 1. The number of anilines is 1. The van der Waals surface area contributed by atoms with Crippen LogP contribution >= 0.6 is 11.3 Å². The molecule has 1 fully saturated rings. The van der Waals surface area contributed by atoms with E-state index in [0.717, 1.165) is 22.6 Å². The number of hydrogen-bond acceptors (Lipinski definition) is 3. The quantitative estimate of drug-likeness (QED) is 0.683. The Morgan fingerprint density at radius 1 is 1.10 bits per heavy atom. The molecule has 3 aromatic rings. The number of fused-ring (bicyclic) bond motifs is 4. The summed E-state index contributed by atoms with van der Waals surface area (Å²) in [6.07, 6.45) is 0.974. The van der Waals surface area contributed by atoms with E-state index in [4.69, 9.17) is 0 Å². The van der Waals surface area contributed by atoms with Gasteiger partial charge in [0.15, 0.2) is 0 Å².